The highest BCUT2D eigenvalue weighted by molar-refractivity contribution is 7.99. The number of terminal acetylenes is 1. The number of carbonyl (C=O) groups excluding carboxylic acids is 1. The Morgan fingerprint density at radius 1 is 1.71 bits per heavy atom. The van der Waals surface area contributed by atoms with Crippen LogP contribution in [0, 0.1) is 29.6 Å². The lowest BCUT2D eigenvalue weighted by molar-refractivity contribution is -0.123. The van der Waals surface area contributed by atoms with Gasteiger partial charge in [0.2, 0.25) is 5.91 Å². The Hall–Kier alpha value is -1.13. The van der Waals surface area contributed by atoms with Gasteiger partial charge in [-0.2, -0.15) is 5.26 Å². The van der Waals surface area contributed by atoms with Crippen LogP contribution in [0.1, 0.15) is 13.3 Å². The zero-order valence-electron chi connectivity index (χ0n) is 8.25. The zero-order chi connectivity index (χ0) is 10.8. The predicted octanol–water partition coefficient (Wildman–Crippen LogP) is 1.02. The molecule has 0 spiro atoms. The Labute approximate surface area is 89.3 Å². The van der Waals surface area contributed by atoms with Gasteiger partial charge in [-0.1, -0.05) is 12.8 Å². The van der Waals surface area contributed by atoms with Gasteiger partial charge in [0.05, 0.1) is 11.8 Å². The van der Waals surface area contributed by atoms with Crippen molar-refractivity contribution in [2.45, 2.75) is 13.3 Å². The molecule has 14 heavy (non-hydrogen) atoms. The van der Waals surface area contributed by atoms with Gasteiger partial charge in [-0.15, -0.1) is 18.2 Å². The number of hydrogen-bond acceptors (Lipinski definition) is 3. The van der Waals surface area contributed by atoms with Crippen LogP contribution in [0.4, 0.5) is 0 Å². The van der Waals surface area contributed by atoms with Gasteiger partial charge in [-0.3, -0.25) is 4.79 Å². The van der Waals surface area contributed by atoms with E-state index >= 15 is 0 Å². The van der Waals surface area contributed by atoms with Gasteiger partial charge >= 0.3 is 0 Å². The van der Waals surface area contributed by atoms with Crippen LogP contribution in [0.2, 0.25) is 0 Å². The molecule has 1 amide bonds. The number of amides is 1. The van der Waals surface area contributed by atoms with Crippen LogP contribution in [0.5, 0.6) is 0 Å². The summed E-state index contributed by atoms with van der Waals surface area (Å²) in [5.41, 5.74) is 0. The number of nitrogens with one attached hydrogen (secondary N) is 1. The molecule has 1 atom stereocenters. The normalized spacial score (nSPS) is 11.1. The van der Waals surface area contributed by atoms with Gasteiger partial charge in [-0.05, 0) is 6.42 Å². The minimum absolute atomic E-state index is 0.184. The molecule has 0 rings (SSSR count). The Morgan fingerprint density at radius 3 is 2.93 bits per heavy atom. The maximum Gasteiger partial charge on any atom is 0.237 e. The highest BCUT2D eigenvalue weighted by atomic mass is 32.2. The van der Waals surface area contributed by atoms with Gasteiger partial charge < -0.3 is 5.32 Å². The Balaban J connectivity index is 3.55. The van der Waals surface area contributed by atoms with E-state index in [0.717, 1.165) is 5.75 Å². The van der Waals surface area contributed by atoms with E-state index in [1.807, 2.05) is 13.0 Å². The van der Waals surface area contributed by atoms with Crippen LogP contribution in [0.3, 0.4) is 0 Å². The fourth-order valence-corrected chi connectivity index (χ4v) is 1.34. The number of hydrogen-bond donors (Lipinski definition) is 1. The molecule has 0 aliphatic heterocycles. The van der Waals surface area contributed by atoms with E-state index < -0.39 is 5.92 Å². The molecule has 0 radical (unpaired) electrons. The second-order valence-corrected chi connectivity index (χ2v) is 3.74. The van der Waals surface area contributed by atoms with Crippen molar-refractivity contribution in [3.05, 3.63) is 0 Å². The third kappa shape index (κ3) is 5.50. The first-order valence-electron chi connectivity index (χ1n) is 4.44. The van der Waals surface area contributed by atoms with Crippen LogP contribution >= 0.6 is 11.8 Å². The van der Waals surface area contributed by atoms with Crippen molar-refractivity contribution >= 4 is 17.7 Å². The van der Waals surface area contributed by atoms with E-state index in [9.17, 15) is 4.79 Å². The summed E-state index contributed by atoms with van der Waals surface area (Å²) in [5, 5.41) is 11.3. The molecule has 3 nitrogen and oxygen atoms in total. The molecule has 76 valence electrons. The molecule has 0 aliphatic rings. The molecule has 0 saturated heterocycles. The number of nitriles is 1. The lowest BCUT2D eigenvalue weighted by Gasteiger charge is -2.06. The SMILES string of the molecule is C#CCSCCNC(=O)C(C#N)CC. The topological polar surface area (TPSA) is 52.9 Å². The van der Waals surface area contributed by atoms with Crippen molar-refractivity contribution in [3.63, 3.8) is 0 Å². The summed E-state index contributed by atoms with van der Waals surface area (Å²) < 4.78 is 0. The average Bonchev–Trinajstić information content (AvgIpc) is 2.19. The largest absolute Gasteiger partial charge is 0.354 e. The number of thioether (sulfide) groups is 1. The Bertz CT molecular complexity index is 252. The van der Waals surface area contributed by atoms with Crippen molar-refractivity contribution < 1.29 is 4.79 Å². The van der Waals surface area contributed by atoms with E-state index in [2.05, 4.69) is 11.2 Å². The third-order valence-electron chi connectivity index (χ3n) is 1.61. The quantitative estimate of drug-likeness (QED) is 0.526. The molecular weight excluding hydrogens is 196 g/mol. The minimum atomic E-state index is -0.521. The monoisotopic (exact) mass is 210 g/mol. The number of carbonyl (C=O) groups is 1. The molecule has 0 aromatic heterocycles. The van der Waals surface area contributed by atoms with Crippen LogP contribution in [-0.4, -0.2) is 24.0 Å². The molecule has 0 aromatic carbocycles. The summed E-state index contributed by atoms with van der Waals surface area (Å²) in [6, 6.07) is 1.95. The second kappa shape index (κ2) is 8.47. The lowest BCUT2D eigenvalue weighted by Crippen LogP contribution is -2.31. The maximum atomic E-state index is 11.3. The maximum absolute atomic E-state index is 11.3. The highest BCUT2D eigenvalue weighted by Gasteiger charge is 2.13. The Morgan fingerprint density at radius 2 is 2.43 bits per heavy atom. The first kappa shape index (κ1) is 12.9. The number of nitrogens with zero attached hydrogens (tertiary/aromatic N) is 1. The Kier molecular flexibility index (Phi) is 7.78. The standard InChI is InChI=1S/C10H14N2OS/c1-3-6-14-7-5-12-10(13)9(4-2)8-11/h1,9H,4-7H2,2H3,(H,12,13). The van der Waals surface area contributed by atoms with E-state index in [1.165, 1.54) is 0 Å². The summed E-state index contributed by atoms with van der Waals surface area (Å²) in [6.07, 6.45) is 5.62. The summed E-state index contributed by atoms with van der Waals surface area (Å²) in [4.78, 5) is 11.3. The molecule has 1 unspecified atom stereocenters. The first-order chi connectivity index (χ1) is 6.76. The summed E-state index contributed by atoms with van der Waals surface area (Å²) in [7, 11) is 0. The molecule has 0 heterocycles. The molecule has 1 N–H and O–H groups in total. The lowest BCUT2D eigenvalue weighted by atomic mass is 10.1. The minimum Gasteiger partial charge on any atom is -0.354 e. The summed E-state index contributed by atoms with van der Waals surface area (Å²) >= 11 is 1.59. The van der Waals surface area contributed by atoms with Crippen LogP contribution in [0.25, 0.3) is 0 Å². The second-order valence-electron chi connectivity index (χ2n) is 2.64. The molecule has 0 aliphatic carbocycles. The number of rotatable bonds is 6. The fourth-order valence-electron chi connectivity index (χ4n) is 0.836. The van der Waals surface area contributed by atoms with Crippen molar-refractivity contribution in [2.75, 3.05) is 18.1 Å². The molecule has 0 aromatic rings. The van der Waals surface area contributed by atoms with Crippen LogP contribution in [-0.2, 0) is 4.79 Å². The van der Waals surface area contributed by atoms with E-state index in [4.69, 9.17) is 11.7 Å². The van der Waals surface area contributed by atoms with Crippen LogP contribution in [0.15, 0.2) is 0 Å². The summed E-state index contributed by atoms with van der Waals surface area (Å²) in [6.45, 7) is 2.39. The van der Waals surface area contributed by atoms with Crippen molar-refractivity contribution in [2.24, 2.45) is 5.92 Å². The van der Waals surface area contributed by atoms with E-state index in [-0.39, 0.29) is 5.91 Å². The highest BCUT2D eigenvalue weighted by Crippen LogP contribution is 2.00. The molecule has 0 bridgehead atoms. The molecule has 0 fully saturated rings. The molecule has 0 saturated carbocycles. The van der Waals surface area contributed by atoms with Gasteiger partial charge in [-0.25, -0.2) is 0 Å². The van der Waals surface area contributed by atoms with Crippen molar-refractivity contribution in [1.29, 1.82) is 5.26 Å². The average molecular weight is 210 g/mol. The van der Waals surface area contributed by atoms with E-state index in [1.54, 1.807) is 11.8 Å². The van der Waals surface area contributed by atoms with Gasteiger partial charge in [0.1, 0.15) is 5.92 Å². The van der Waals surface area contributed by atoms with Gasteiger partial charge in [0.15, 0.2) is 0 Å². The van der Waals surface area contributed by atoms with Crippen molar-refractivity contribution in [1.82, 2.24) is 5.32 Å². The molecule has 4 heteroatoms. The zero-order valence-corrected chi connectivity index (χ0v) is 9.06. The first-order valence-corrected chi connectivity index (χ1v) is 5.60. The summed E-state index contributed by atoms with van der Waals surface area (Å²) in [5.74, 6) is 3.24. The fraction of sp³-hybridized carbons (Fsp3) is 0.600. The molecular formula is C10H14N2OS. The third-order valence-corrected chi connectivity index (χ3v) is 2.48. The van der Waals surface area contributed by atoms with Crippen LogP contribution < -0.4 is 5.32 Å². The van der Waals surface area contributed by atoms with Gasteiger partial charge in [0.25, 0.3) is 0 Å². The smallest absolute Gasteiger partial charge is 0.237 e. The predicted molar refractivity (Wildman–Crippen MR) is 58.6 cm³/mol. The van der Waals surface area contributed by atoms with E-state index in [0.29, 0.717) is 18.7 Å². The van der Waals surface area contributed by atoms with Crippen molar-refractivity contribution in [3.8, 4) is 18.4 Å². The van der Waals surface area contributed by atoms with Gasteiger partial charge in [0, 0.05) is 12.3 Å².